The second kappa shape index (κ2) is 9.33. The van der Waals surface area contributed by atoms with Crippen LogP contribution in [0.25, 0.3) is 0 Å². The van der Waals surface area contributed by atoms with Gasteiger partial charge < -0.3 is 15.4 Å². The van der Waals surface area contributed by atoms with E-state index in [-0.39, 0.29) is 24.6 Å². The summed E-state index contributed by atoms with van der Waals surface area (Å²) in [6.45, 7) is 2.09. The molecule has 0 saturated carbocycles. The van der Waals surface area contributed by atoms with Crippen LogP contribution in [0, 0.1) is 10.1 Å². The molecule has 2 rings (SSSR count). The number of nitro groups is 1. The number of nitrogens with zero attached hydrogens (tertiary/aromatic N) is 2. The number of rotatable bonds is 9. The van der Waals surface area contributed by atoms with Crippen molar-refractivity contribution < 1.29 is 19.2 Å². The Kier molecular flexibility index (Phi) is 6.87. The van der Waals surface area contributed by atoms with Crippen molar-refractivity contribution in [3.8, 4) is 5.75 Å². The monoisotopic (exact) mass is 371 g/mol. The first-order valence-electron chi connectivity index (χ1n) is 8.39. The minimum Gasteiger partial charge on any atom is -0.481 e. The molecule has 0 fully saturated rings. The molecule has 0 saturated heterocycles. The Bertz CT molecular complexity index is 793. The number of carbonyl (C=O) groups is 2. The Morgan fingerprint density at radius 3 is 2.33 bits per heavy atom. The maximum Gasteiger partial charge on any atom is 0.269 e. The van der Waals surface area contributed by atoms with Crippen LogP contribution in [-0.4, -0.2) is 34.3 Å². The van der Waals surface area contributed by atoms with Gasteiger partial charge in [-0.1, -0.05) is 30.3 Å². The Balaban J connectivity index is 2.07. The van der Waals surface area contributed by atoms with E-state index in [0.29, 0.717) is 12.3 Å². The van der Waals surface area contributed by atoms with Crippen LogP contribution in [0.15, 0.2) is 54.6 Å². The maximum atomic E-state index is 12.8. The zero-order valence-corrected chi connectivity index (χ0v) is 14.9. The van der Waals surface area contributed by atoms with Gasteiger partial charge in [-0.25, -0.2) is 0 Å². The maximum absolute atomic E-state index is 12.8. The van der Waals surface area contributed by atoms with Crippen LogP contribution in [-0.2, 0) is 16.1 Å². The van der Waals surface area contributed by atoms with Gasteiger partial charge in [0, 0.05) is 31.6 Å². The molecule has 0 radical (unpaired) electrons. The fourth-order valence-electron chi connectivity index (χ4n) is 2.47. The standard InChI is InChI=1S/C19H21N3O5/c1-14(27-17-9-7-16(8-10-17)22(25)26)19(24)21(12-11-18(20)23)13-15-5-3-2-4-6-15/h2-10,14H,11-13H2,1H3,(H2,20,23). The summed E-state index contributed by atoms with van der Waals surface area (Å²) in [5.41, 5.74) is 6.06. The number of non-ortho nitro benzene ring substituents is 1. The average Bonchev–Trinajstić information content (AvgIpc) is 2.65. The third kappa shape index (κ3) is 6.10. The first-order valence-corrected chi connectivity index (χ1v) is 8.39. The largest absolute Gasteiger partial charge is 0.481 e. The summed E-state index contributed by atoms with van der Waals surface area (Å²) in [6.07, 6.45) is -0.786. The normalized spacial score (nSPS) is 11.4. The number of hydrogen-bond donors (Lipinski definition) is 1. The lowest BCUT2D eigenvalue weighted by Gasteiger charge is -2.26. The number of nitrogens with two attached hydrogens (primary N) is 1. The lowest BCUT2D eigenvalue weighted by Crippen LogP contribution is -2.41. The number of nitro benzene ring substituents is 1. The molecule has 0 heterocycles. The van der Waals surface area contributed by atoms with Gasteiger partial charge >= 0.3 is 0 Å². The van der Waals surface area contributed by atoms with Crippen molar-refractivity contribution in [3.05, 3.63) is 70.3 Å². The second-order valence-electron chi connectivity index (χ2n) is 5.97. The molecule has 0 aromatic heterocycles. The van der Waals surface area contributed by atoms with Crippen molar-refractivity contribution in [3.63, 3.8) is 0 Å². The number of ether oxygens (including phenoxy) is 1. The van der Waals surface area contributed by atoms with Crippen LogP contribution >= 0.6 is 0 Å². The number of carbonyl (C=O) groups excluding carboxylic acids is 2. The van der Waals surface area contributed by atoms with Crippen LogP contribution in [0.4, 0.5) is 5.69 Å². The molecular formula is C19H21N3O5. The number of primary amides is 1. The van der Waals surface area contributed by atoms with E-state index < -0.39 is 16.9 Å². The van der Waals surface area contributed by atoms with Crippen molar-refractivity contribution in [1.29, 1.82) is 0 Å². The zero-order chi connectivity index (χ0) is 19.8. The molecule has 0 aliphatic heterocycles. The molecule has 142 valence electrons. The van der Waals surface area contributed by atoms with E-state index in [1.165, 1.54) is 29.2 Å². The van der Waals surface area contributed by atoms with Crippen molar-refractivity contribution >= 4 is 17.5 Å². The number of amides is 2. The molecule has 27 heavy (non-hydrogen) atoms. The summed E-state index contributed by atoms with van der Waals surface area (Å²) < 4.78 is 5.61. The lowest BCUT2D eigenvalue weighted by atomic mass is 10.2. The van der Waals surface area contributed by atoms with Crippen LogP contribution in [0.5, 0.6) is 5.75 Å². The van der Waals surface area contributed by atoms with E-state index in [4.69, 9.17) is 10.5 Å². The zero-order valence-electron chi connectivity index (χ0n) is 14.9. The molecule has 2 amide bonds. The molecule has 2 aromatic rings. The smallest absolute Gasteiger partial charge is 0.269 e. The molecule has 2 aromatic carbocycles. The van der Waals surface area contributed by atoms with Crippen molar-refractivity contribution in [2.24, 2.45) is 5.73 Å². The fraction of sp³-hybridized carbons (Fsp3) is 0.263. The average molecular weight is 371 g/mol. The van der Waals surface area contributed by atoms with Gasteiger partial charge in [0.15, 0.2) is 6.10 Å². The lowest BCUT2D eigenvalue weighted by molar-refractivity contribution is -0.384. The van der Waals surface area contributed by atoms with Gasteiger partial charge in [0.1, 0.15) is 5.75 Å². The van der Waals surface area contributed by atoms with E-state index in [0.717, 1.165) is 5.56 Å². The van der Waals surface area contributed by atoms with Crippen molar-refractivity contribution in [2.75, 3.05) is 6.54 Å². The topological polar surface area (TPSA) is 116 Å². The highest BCUT2D eigenvalue weighted by atomic mass is 16.6. The molecule has 2 N–H and O–H groups in total. The molecule has 8 nitrogen and oxygen atoms in total. The summed E-state index contributed by atoms with van der Waals surface area (Å²) in [7, 11) is 0. The molecule has 0 bridgehead atoms. The van der Waals surface area contributed by atoms with Gasteiger partial charge in [0.2, 0.25) is 5.91 Å². The SMILES string of the molecule is CC(Oc1ccc([N+](=O)[O-])cc1)C(=O)N(CCC(N)=O)Cc1ccccc1. The Morgan fingerprint density at radius 1 is 1.15 bits per heavy atom. The van der Waals surface area contributed by atoms with Gasteiger partial charge in [-0.05, 0) is 24.6 Å². The molecule has 0 aliphatic rings. The van der Waals surface area contributed by atoms with Gasteiger partial charge in [0.25, 0.3) is 11.6 Å². The van der Waals surface area contributed by atoms with Crippen LogP contribution in [0.2, 0.25) is 0 Å². The van der Waals surface area contributed by atoms with Gasteiger partial charge in [0.05, 0.1) is 4.92 Å². The number of hydrogen-bond acceptors (Lipinski definition) is 5. The predicted octanol–water partition coefficient (Wildman–Crippen LogP) is 2.27. The minimum absolute atomic E-state index is 0.0445. The highest BCUT2D eigenvalue weighted by Crippen LogP contribution is 2.19. The van der Waals surface area contributed by atoms with Crippen molar-refractivity contribution in [1.82, 2.24) is 4.90 Å². The molecular weight excluding hydrogens is 350 g/mol. The summed E-state index contributed by atoms with van der Waals surface area (Å²) in [6, 6.07) is 14.9. The third-order valence-corrected chi connectivity index (χ3v) is 3.86. The molecule has 0 spiro atoms. The Hall–Kier alpha value is -3.42. The molecule has 0 aliphatic carbocycles. The highest BCUT2D eigenvalue weighted by Gasteiger charge is 2.23. The molecule has 1 atom stereocenters. The summed E-state index contributed by atoms with van der Waals surface area (Å²) in [5, 5.41) is 10.7. The highest BCUT2D eigenvalue weighted by molar-refractivity contribution is 5.82. The first kappa shape index (κ1) is 19.9. The Morgan fingerprint density at radius 2 is 1.78 bits per heavy atom. The van der Waals surface area contributed by atoms with Gasteiger partial charge in [-0.3, -0.25) is 19.7 Å². The summed E-state index contributed by atoms with van der Waals surface area (Å²) in [4.78, 5) is 35.6. The van der Waals surface area contributed by atoms with Gasteiger partial charge in [-0.2, -0.15) is 0 Å². The first-order chi connectivity index (χ1) is 12.9. The van der Waals surface area contributed by atoms with E-state index in [1.54, 1.807) is 6.92 Å². The fourth-order valence-corrected chi connectivity index (χ4v) is 2.47. The van der Waals surface area contributed by atoms with Crippen LogP contribution in [0.3, 0.4) is 0 Å². The van der Waals surface area contributed by atoms with E-state index in [9.17, 15) is 19.7 Å². The van der Waals surface area contributed by atoms with E-state index >= 15 is 0 Å². The predicted molar refractivity (Wildman–Crippen MR) is 98.9 cm³/mol. The van der Waals surface area contributed by atoms with E-state index in [1.807, 2.05) is 30.3 Å². The van der Waals surface area contributed by atoms with Gasteiger partial charge in [-0.15, -0.1) is 0 Å². The summed E-state index contributed by atoms with van der Waals surface area (Å²) in [5.74, 6) is -0.459. The third-order valence-electron chi connectivity index (χ3n) is 3.86. The van der Waals surface area contributed by atoms with E-state index in [2.05, 4.69) is 0 Å². The van der Waals surface area contributed by atoms with Crippen LogP contribution in [0.1, 0.15) is 18.9 Å². The second-order valence-corrected chi connectivity index (χ2v) is 5.97. The summed E-state index contributed by atoms with van der Waals surface area (Å²) >= 11 is 0. The Labute approximate surface area is 156 Å². The molecule has 8 heteroatoms. The molecule has 1 unspecified atom stereocenters. The van der Waals surface area contributed by atoms with Crippen molar-refractivity contribution in [2.45, 2.75) is 26.0 Å². The minimum atomic E-state index is -0.831. The number of benzene rings is 2. The quantitative estimate of drug-likeness (QED) is 0.536. The van der Waals surface area contributed by atoms with Crippen LogP contribution < -0.4 is 10.5 Å².